The van der Waals surface area contributed by atoms with Gasteiger partial charge in [0.25, 0.3) is 0 Å². The number of anilines is 1. The van der Waals surface area contributed by atoms with Gasteiger partial charge in [-0.15, -0.1) is 0 Å². The van der Waals surface area contributed by atoms with Crippen molar-refractivity contribution in [3.8, 4) is 0 Å². The molecule has 1 saturated carbocycles. The first-order valence-corrected chi connectivity index (χ1v) is 6.49. The van der Waals surface area contributed by atoms with Gasteiger partial charge >= 0.3 is 0 Å². The van der Waals surface area contributed by atoms with Crippen molar-refractivity contribution in [2.75, 3.05) is 5.32 Å². The molecule has 0 saturated heterocycles. The maximum atomic E-state index is 4.43. The molecule has 88 valence electrons. The van der Waals surface area contributed by atoms with E-state index in [9.17, 15) is 0 Å². The molecule has 1 fully saturated rings. The number of hydrogen-bond donors (Lipinski definition) is 1. The van der Waals surface area contributed by atoms with Crippen LogP contribution in [0.5, 0.6) is 0 Å². The van der Waals surface area contributed by atoms with Gasteiger partial charge in [-0.25, -0.2) is 4.98 Å². The smallest absolute Gasteiger partial charge is 0.129 e. The minimum atomic E-state index is 0.632. The van der Waals surface area contributed by atoms with Crippen LogP contribution in [0.4, 0.5) is 5.82 Å². The molecule has 1 heterocycles. The molecule has 2 nitrogen and oxygen atoms in total. The van der Waals surface area contributed by atoms with E-state index >= 15 is 0 Å². The van der Waals surface area contributed by atoms with Gasteiger partial charge < -0.3 is 5.32 Å². The summed E-state index contributed by atoms with van der Waals surface area (Å²) >= 11 is 0. The number of nitrogens with one attached hydrogen (secondary N) is 1. The van der Waals surface area contributed by atoms with E-state index < -0.39 is 0 Å². The highest BCUT2D eigenvalue weighted by Crippen LogP contribution is 2.29. The van der Waals surface area contributed by atoms with Crippen LogP contribution in [0.1, 0.15) is 44.6 Å². The van der Waals surface area contributed by atoms with E-state index in [0.717, 1.165) is 11.7 Å². The predicted octanol–water partition coefficient (Wildman–Crippen LogP) is 3.77. The van der Waals surface area contributed by atoms with Gasteiger partial charge in [0.05, 0.1) is 0 Å². The lowest BCUT2D eigenvalue weighted by molar-refractivity contribution is 0.316. The highest BCUT2D eigenvalue weighted by Gasteiger charge is 2.23. The third kappa shape index (κ3) is 2.55. The summed E-state index contributed by atoms with van der Waals surface area (Å²) in [4.78, 5) is 4.43. The van der Waals surface area contributed by atoms with Crippen LogP contribution in [0.2, 0.25) is 0 Å². The minimum absolute atomic E-state index is 0.632. The molecule has 0 spiro atoms. The average molecular weight is 218 g/mol. The summed E-state index contributed by atoms with van der Waals surface area (Å²) in [6.07, 6.45) is 8.59. The van der Waals surface area contributed by atoms with E-state index in [1.807, 2.05) is 12.3 Å². The van der Waals surface area contributed by atoms with Gasteiger partial charge in [0.1, 0.15) is 5.82 Å². The normalized spacial score (nSPS) is 25.4. The molecule has 16 heavy (non-hydrogen) atoms. The lowest BCUT2D eigenvalue weighted by Crippen LogP contribution is -2.32. The van der Waals surface area contributed by atoms with Gasteiger partial charge in [-0.2, -0.15) is 0 Å². The van der Waals surface area contributed by atoms with E-state index in [2.05, 4.69) is 30.2 Å². The van der Waals surface area contributed by atoms with Gasteiger partial charge in [0.2, 0.25) is 0 Å². The number of hydrogen-bond acceptors (Lipinski definition) is 2. The summed E-state index contributed by atoms with van der Waals surface area (Å²) in [7, 11) is 0. The highest BCUT2D eigenvalue weighted by atomic mass is 15.0. The largest absolute Gasteiger partial charge is 0.367 e. The second kappa shape index (κ2) is 5.33. The molecule has 0 aliphatic heterocycles. The second-order valence-corrected chi connectivity index (χ2v) is 4.87. The fourth-order valence-corrected chi connectivity index (χ4v) is 2.70. The zero-order valence-electron chi connectivity index (χ0n) is 10.4. The molecule has 1 aromatic heterocycles. The third-order valence-corrected chi connectivity index (χ3v) is 3.77. The molecule has 0 amide bonds. The van der Waals surface area contributed by atoms with Gasteiger partial charge in [0.15, 0.2) is 0 Å². The summed E-state index contributed by atoms with van der Waals surface area (Å²) in [5.41, 5.74) is 1.25. The lowest BCUT2D eigenvalue weighted by atomic mass is 9.83. The maximum absolute atomic E-state index is 4.43. The van der Waals surface area contributed by atoms with E-state index in [1.54, 1.807) is 0 Å². The Morgan fingerprint density at radius 1 is 1.38 bits per heavy atom. The fourth-order valence-electron chi connectivity index (χ4n) is 2.70. The Kier molecular flexibility index (Phi) is 3.81. The van der Waals surface area contributed by atoms with Crippen molar-refractivity contribution in [2.45, 2.75) is 52.0 Å². The summed E-state index contributed by atoms with van der Waals surface area (Å²) in [5.74, 6) is 1.91. The Morgan fingerprint density at radius 2 is 2.19 bits per heavy atom. The molecule has 2 rings (SSSR count). The molecule has 1 aliphatic rings. The SMILES string of the molecule is CCC1CCCCC1Nc1ncccc1C. The zero-order valence-corrected chi connectivity index (χ0v) is 10.4. The van der Waals surface area contributed by atoms with Crippen molar-refractivity contribution in [3.05, 3.63) is 23.9 Å². The standard InChI is InChI=1S/C14H22N2/c1-3-12-8-4-5-9-13(12)16-14-11(2)7-6-10-15-14/h6-7,10,12-13H,3-5,8-9H2,1-2H3,(H,15,16). The lowest BCUT2D eigenvalue weighted by Gasteiger charge is -2.32. The first-order valence-electron chi connectivity index (χ1n) is 6.49. The zero-order chi connectivity index (χ0) is 11.4. The Hall–Kier alpha value is -1.05. The number of aromatic nitrogens is 1. The Bertz CT molecular complexity index is 335. The molecule has 2 unspecified atom stereocenters. The molecular weight excluding hydrogens is 196 g/mol. The molecule has 1 aliphatic carbocycles. The number of pyridine rings is 1. The first-order chi connectivity index (χ1) is 7.81. The van der Waals surface area contributed by atoms with Crippen LogP contribution in [-0.4, -0.2) is 11.0 Å². The van der Waals surface area contributed by atoms with E-state index in [4.69, 9.17) is 0 Å². The van der Waals surface area contributed by atoms with Crippen LogP contribution < -0.4 is 5.32 Å². The fraction of sp³-hybridized carbons (Fsp3) is 0.643. The van der Waals surface area contributed by atoms with Crippen LogP contribution in [0.3, 0.4) is 0 Å². The second-order valence-electron chi connectivity index (χ2n) is 4.87. The number of aryl methyl sites for hydroxylation is 1. The predicted molar refractivity (Wildman–Crippen MR) is 68.6 cm³/mol. The van der Waals surface area contributed by atoms with E-state index in [0.29, 0.717) is 6.04 Å². The topological polar surface area (TPSA) is 24.9 Å². The summed E-state index contributed by atoms with van der Waals surface area (Å²) in [5, 5.41) is 3.64. The van der Waals surface area contributed by atoms with Crippen molar-refractivity contribution in [1.29, 1.82) is 0 Å². The summed E-state index contributed by atoms with van der Waals surface area (Å²) < 4.78 is 0. The van der Waals surface area contributed by atoms with E-state index in [-0.39, 0.29) is 0 Å². The molecule has 1 aromatic rings. The Labute approximate surface area is 98.5 Å². The number of rotatable bonds is 3. The van der Waals surface area contributed by atoms with Gasteiger partial charge in [-0.1, -0.05) is 32.3 Å². The minimum Gasteiger partial charge on any atom is -0.367 e. The summed E-state index contributed by atoms with van der Waals surface area (Å²) in [6, 6.07) is 4.75. The molecule has 0 bridgehead atoms. The molecule has 2 heteroatoms. The third-order valence-electron chi connectivity index (χ3n) is 3.77. The van der Waals surface area contributed by atoms with Crippen LogP contribution >= 0.6 is 0 Å². The molecule has 2 atom stereocenters. The molecule has 0 aromatic carbocycles. The van der Waals surface area contributed by atoms with Crippen LogP contribution in [0.25, 0.3) is 0 Å². The maximum Gasteiger partial charge on any atom is 0.129 e. The average Bonchev–Trinajstić information content (AvgIpc) is 2.33. The summed E-state index contributed by atoms with van der Waals surface area (Å²) in [6.45, 7) is 4.43. The van der Waals surface area contributed by atoms with Gasteiger partial charge in [-0.05, 0) is 37.3 Å². The van der Waals surface area contributed by atoms with Crippen molar-refractivity contribution < 1.29 is 0 Å². The Morgan fingerprint density at radius 3 is 2.94 bits per heavy atom. The molecular formula is C14H22N2. The van der Waals surface area contributed by atoms with Crippen LogP contribution in [0.15, 0.2) is 18.3 Å². The van der Waals surface area contributed by atoms with Crippen molar-refractivity contribution in [2.24, 2.45) is 5.92 Å². The molecule has 1 N–H and O–H groups in total. The van der Waals surface area contributed by atoms with Crippen LogP contribution in [-0.2, 0) is 0 Å². The van der Waals surface area contributed by atoms with Crippen molar-refractivity contribution >= 4 is 5.82 Å². The van der Waals surface area contributed by atoms with Crippen molar-refractivity contribution in [3.63, 3.8) is 0 Å². The van der Waals surface area contributed by atoms with Crippen LogP contribution in [0, 0.1) is 12.8 Å². The van der Waals surface area contributed by atoms with Gasteiger partial charge in [-0.3, -0.25) is 0 Å². The number of nitrogens with zero attached hydrogens (tertiary/aromatic N) is 1. The highest BCUT2D eigenvalue weighted by molar-refractivity contribution is 5.43. The monoisotopic (exact) mass is 218 g/mol. The molecule has 0 radical (unpaired) electrons. The van der Waals surface area contributed by atoms with Gasteiger partial charge in [0, 0.05) is 12.2 Å². The first kappa shape index (κ1) is 11.4. The Balaban J connectivity index is 2.05. The quantitative estimate of drug-likeness (QED) is 0.835. The van der Waals surface area contributed by atoms with Crippen molar-refractivity contribution in [1.82, 2.24) is 4.98 Å². The van der Waals surface area contributed by atoms with E-state index in [1.165, 1.54) is 37.7 Å².